The van der Waals surface area contributed by atoms with Crippen molar-refractivity contribution in [3.05, 3.63) is 76.7 Å². The summed E-state index contributed by atoms with van der Waals surface area (Å²) in [4.78, 5) is 17.8. The molecule has 2 unspecified atom stereocenters. The molecule has 2 aromatic heterocycles. The number of aromatic amines is 1. The number of carbonyl (C=O) groups is 1. The van der Waals surface area contributed by atoms with E-state index < -0.39 is 34.4 Å². The van der Waals surface area contributed by atoms with Crippen LogP contribution in [0.25, 0.3) is 10.9 Å². The zero-order chi connectivity index (χ0) is 26.0. The molecular weight excluding hydrogens is 484 g/mol. The van der Waals surface area contributed by atoms with Crippen LogP contribution in [0.4, 0.5) is 8.78 Å². The van der Waals surface area contributed by atoms with E-state index in [2.05, 4.69) is 20.5 Å². The van der Waals surface area contributed by atoms with Gasteiger partial charge in [0.15, 0.2) is 0 Å². The van der Waals surface area contributed by atoms with Gasteiger partial charge >= 0.3 is 0 Å². The highest BCUT2D eigenvalue weighted by Crippen LogP contribution is 2.35. The van der Waals surface area contributed by atoms with Gasteiger partial charge in [-0.1, -0.05) is 0 Å². The molecule has 0 bridgehead atoms. The Morgan fingerprint density at radius 2 is 1.97 bits per heavy atom. The van der Waals surface area contributed by atoms with E-state index in [-0.39, 0.29) is 5.56 Å². The molecule has 10 heteroatoms. The Balaban J connectivity index is 0.000000709. The van der Waals surface area contributed by atoms with Crippen LogP contribution in [0.2, 0.25) is 0 Å². The molecule has 0 radical (unpaired) electrons. The molecule has 0 spiro atoms. The Kier molecular flexibility index (Phi) is 7.44. The number of benzene rings is 2. The topological polar surface area (TPSA) is 92.1 Å². The number of aliphatic imine (C=N–C) groups is 1. The highest BCUT2D eigenvalue weighted by molar-refractivity contribution is 7.85. The third-order valence-electron chi connectivity index (χ3n) is 6.39. The van der Waals surface area contributed by atoms with Crippen LogP contribution in [0, 0.1) is 18.6 Å². The maximum atomic E-state index is 14.3. The number of rotatable bonds is 4. The molecule has 1 aliphatic carbocycles. The van der Waals surface area contributed by atoms with Gasteiger partial charge in [0.25, 0.3) is 5.91 Å². The van der Waals surface area contributed by atoms with Crippen LogP contribution < -0.4 is 5.32 Å². The molecule has 4 aromatic rings. The predicted octanol–water partition coefficient (Wildman–Crippen LogP) is 4.78. The van der Waals surface area contributed by atoms with E-state index in [9.17, 15) is 17.8 Å². The molecule has 0 aliphatic heterocycles. The first kappa shape index (κ1) is 25.4. The summed E-state index contributed by atoms with van der Waals surface area (Å²) >= 11 is 0. The standard InChI is InChI=1S/C23H20F2N4O2S.C3H7N/c1-12-21(32(31)14-3-7-18-13(9-14)11-26-28-18)10-20(29(12)2)23(30)27-19-8-4-15-16(24)5-6-17(25)22(15)19;1-3-4-2/h3,5-7,9-11,19H,4,8H2,1-2H3,(H,26,28)(H,27,30);3H,1-2H3. The zero-order valence-electron chi connectivity index (χ0n) is 20.4. The Morgan fingerprint density at radius 1 is 1.25 bits per heavy atom. The van der Waals surface area contributed by atoms with E-state index >= 15 is 0 Å². The molecule has 2 atom stereocenters. The lowest BCUT2D eigenvalue weighted by Gasteiger charge is -2.15. The number of halogens is 2. The lowest BCUT2D eigenvalue weighted by atomic mass is 10.1. The van der Waals surface area contributed by atoms with E-state index in [0.29, 0.717) is 39.6 Å². The second-order valence-electron chi connectivity index (χ2n) is 8.43. The average molecular weight is 512 g/mol. The Labute approximate surface area is 210 Å². The summed E-state index contributed by atoms with van der Waals surface area (Å²) in [5.74, 6) is -1.41. The van der Waals surface area contributed by atoms with Gasteiger partial charge < -0.3 is 14.9 Å². The van der Waals surface area contributed by atoms with Crippen LogP contribution in [0.3, 0.4) is 0 Å². The van der Waals surface area contributed by atoms with E-state index in [1.165, 1.54) is 0 Å². The van der Waals surface area contributed by atoms with Gasteiger partial charge in [-0.15, -0.1) is 0 Å². The molecule has 0 saturated heterocycles. The number of nitrogens with zero attached hydrogens (tertiary/aromatic N) is 3. The van der Waals surface area contributed by atoms with Crippen LogP contribution in [-0.4, -0.2) is 38.1 Å². The van der Waals surface area contributed by atoms with Gasteiger partial charge in [0, 0.05) is 35.6 Å². The SMILES string of the molecule is CC=NC.Cc1c(S(=O)c2ccc3[nH]ncc3c2)cc(C(=O)NC2CCc3c(F)ccc(F)c32)n1C. The Bertz CT molecular complexity index is 1490. The van der Waals surface area contributed by atoms with Gasteiger partial charge in [-0.25, -0.2) is 13.0 Å². The number of hydrogen-bond donors (Lipinski definition) is 2. The van der Waals surface area contributed by atoms with Crippen molar-refractivity contribution in [2.24, 2.45) is 12.0 Å². The lowest BCUT2D eigenvalue weighted by molar-refractivity contribution is 0.0927. The van der Waals surface area contributed by atoms with Gasteiger partial charge in [-0.2, -0.15) is 5.10 Å². The minimum Gasteiger partial charge on any atom is -0.344 e. The Hall–Kier alpha value is -3.66. The van der Waals surface area contributed by atoms with Crippen molar-refractivity contribution in [3.63, 3.8) is 0 Å². The first-order valence-corrected chi connectivity index (χ1v) is 12.6. The summed E-state index contributed by atoms with van der Waals surface area (Å²) in [5, 5.41) is 10.5. The third-order valence-corrected chi connectivity index (χ3v) is 7.88. The first-order chi connectivity index (χ1) is 17.3. The summed E-state index contributed by atoms with van der Waals surface area (Å²) in [6.45, 7) is 3.68. The van der Waals surface area contributed by atoms with Gasteiger partial charge in [-0.3, -0.25) is 9.89 Å². The van der Waals surface area contributed by atoms with Crippen LogP contribution in [0.5, 0.6) is 0 Å². The normalized spacial score (nSPS) is 15.6. The maximum absolute atomic E-state index is 14.3. The fourth-order valence-corrected chi connectivity index (χ4v) is 5.59. The van der Waals surface area contributed by atoms with E-state index in [4.69, 9.17) is 0 Å². The van der Waals surface area contributed by atoms with Crippen LogP contribution in [0.1, 0.15) is 46.7 Å². The van der Waals surface area contributed by atoms with Gasteiger partial charge in [0.2, 0.25) is 0 Å². The van der Waals surface area contributed by atoms with E-state index in [1.54, 1.807) is 56.2 Å². The summed E-state index contributed by atoms with van der Waals surface area (Å²) < 4.78 is 43.3. The third kappa shape index (κ3) is 4.73. The molecule has 2 N–H and O–H groups in total. The molecule has 2 aromatic carbocycles. The van der Waals surface area contributed by atoms with Crippen LogP contribution >= 0.6 is 0 Å². The summed E-state index contributed by atoms with van der Waals surface area (Å²) in [5.41, 5.74) is 2.36. The monoisotopic (exact) mass is 511 g/mol. The smallest absolute Gasteiger partial charge is 0.268 e. The second kappa shape index (κ2) is 10.5. The van der Waals surface area contributed by atoms with Crippen molar-refractivity contribution in [1.29, 1.82) is 0 Å². The zero-order valence-corrected chi connectivity index (χ0v) is 21.2. The highest BCUT2D eigenvalue weighted by Gasteiger charge is 2.31. The predicted molar refractivity (Wildman–Crippen MR) is 136 cm³/mol. The largest absolute Gasteiger partial charge is 0.344 e. The maximum Gasteiger partial charge on any atom is 0.268 e. The number of carbonyl (C=O) groups excluding carboxylic acids is 1. The molecule has 7 nitrogen and oxygen atoms in total. The molecule has 188 valence electrons. The minimum atomic E-state index is -1.50. The van der Waals surface area contributed by atoms with Crippen molar-refractivity contribution in [1.82, 2.24) is 20.1 Å². The molecule has 2 heterocycles. The van der Waals surface area contributed by atoms with Crippen LogP contribution in [0.15, 0.2) is 57.4 Å². The molecule has 0 fully saturated rings. The number of aromatic nitrogens is 3. The molecule has 0 saturated carbocycles. The van der Waals surface area contributed by atoms with E-state index in [0.717, 1.165) is 23.0 Å². The minimum absolute atomic E-state index is 0.210. The van der Waals surface area contributed by atoms with Crippen molar-refractivity contribution in [3.8, 4) is 0 Å². The first-order valence-electron chi connectivity index (χ1n) is 11.4. The van der Waals surface area contributed by atoms with Crippen molar-refractivity contribution >= 4 is 33.8 Å². The van der Waals surface area contributed by atoms with Crippen molar-refractivity contribution < 1.29 is 17.8 Å². The highest BCUT2D eigenvalue weighted by atomic mass is 32.2. The van der Waals surface area contributed by atoms with Gasteiger partial charge in [0.05, 0.1) is 33.5 Å². The molecule has 1 aliphatic rings. The van der Waals surface area contributed by atoms with E-state index in [1.807, 2.05) is 13.0 Å². The second-order valence-corrected chi connectivity index (χ2v) is 9.88. The number of hydrogen-bond acceptors (Lipinski definition) is 4. The van der Waals surface area contributed by atoms with Crippen molar-refractivity contribution in [2.75, 3.05) is 7.05 Å². The van der Waals surface area contributed by atoms with Gasteiger partial charge in [-0.05, 0) is 74.9 Å². The summed E-state index contributed by atoms with van der Waals surface area (Å²) in [6, 6.07) is 8.56. The number of H-pyrrole nitrogens is 1. The molecule has 5 rings (SSSR count). The van der Waals surface area contributed by atoms with Crippen molar-refractivity contribution in [2.45, 2.75) is 42.5 Å². The quantitative estimate of drug-likeness (QED) is 0.386. The average Bonchev–Trinajstić information content (AvgIpc) is 3.59. The number of fused-ring (bicyclic) bond motifs is 2. The summed E-state index contributed by atoms with van der Waals surface area (Å²) in [7, 11) is 1.96. The molecular formula is C26H27F2N5O2S. The fourth-order valence-electron chi connectivity index (χ4n) is 4.29. The molecule has 1 amide bonds. The molecule has 36 heavy (non-hydrogen) atoms. The number of amides is 1. The number of nitrogens with one attached hydrogen (secondary N) is 2. The van der Waals surface area contributed by atoms with Gasteiger partial charge in [0.1, 0.15) is 17.3 Å². The fraction of sp³-hybridized carbons (Fsp3) is 0.269. The lowest BCUT2D eigenvalue weighted by Crippen LogP contribution is -2.29. The van der Waals surface area contributed by atoms with Crippen LogP contribution in [-0.2, 0) is 24.3 Å². The Morgan fingerprint density at radius 3 is 2.69 bits per heavy atom. The summed E-state index contributed by atoms with van der Waals surface area (Å²) in [6.07, 6.45) is 4.20.